The molecule has 2 aromatic heterocycles. The molecule has 1 amide bonds. The summed E-state index contributed by atoms with van der Waals surface area (Å²) in [6.45, 7) is 3.26. The molecule has 1 saturated carbocycles. The summed E-state index contributed by atoms with van der Waals surface area (Å²) in [6.07, 6.45) is 5.86. The minimum absolute atomic E-state index is 0.0470. The van der Waals surface area contributed by atoms with Crippen LogP contribution in [0.25, 0.3) is 10.4 Å². The van der Waals surface area contributed by atoms with Crippen molar-refractivity contribution in [1.82, 2.24) is 14.9 Å². The molecule has 2 fully saturated rings. The predicted octanol–water partition coefficient (Wildman–Crippen LogP) is 3.73. The zero-order chi connectivity index (χ0) is 21.7. The van der Waals surface area contributed by atoms with Crippen LogP contribution in [0.4, 0.5) is 11.6 Å². The lowest BCUT2D eigenvalue weighted by Gasteiger charge is -2.27. The number of carbonyl (C=O) groups excluding carboxylic acids is 1. The van der Waals surface area contributed by atoms with Crippen LogP contribution >= 0.6 is 11.3 Å². The van der Waals surface area contributed by atoms with Crippen molar-refractivity contribution in [2.24, 2.45) is 0 Å². The van der Waals surface area contributed by atoms with Gasteiger partial charge < -0.3 is 14.5 Å². The summed E-state index contributed by atoms with van der Waals surface area (Å²) < 4.78 is 5.39. The molecule has 0 unspecified atom stereocenters. The van der Waals surface area contributed by atoms with Gasteiger partial charge in [0.2, 0.25) is 5.95 Å². The van der Waals surface area contributed by atoms with Gasteiger partial charge in [-0.15, -0.1) is 11.3 Å². The van der Waals surface area contributed by atoms with Crippen molar-refractivity contribution in [2.75, 3.05) is 37.7 Å². The van der Waals surface area contributed by atoms with Crippen molar-refractivity contribution in [3.05, 3.63) is 58.7 Å². The number of nitrogens with zero attached hydrogens (tertiary/aromatic N) is 5. The van der Waals surface area contributed by atoms with Crippen molar-refractivity contribution in [3.63, 3.8) is 0 Å². The molecule has 8 heteroatoms. The van der Waals surface area contributed by atoms with Crippen molar-refractivity contribution < 1.29 is 9.53 Å². The number of amides is 1. The fourth-order valence-corrected chi connectivity index (χ4v) is 5.54. The number of nitriles is 1. The van der Waals surface area contributed by atoms with E-state index in [1.165, 1.54) is 16.9 Å². The van der Waals surface area contributed by atoms with E-state index in [0.29, 0.717) is 43.4 Å². The van der Waals surface area contributed by atoms with E-state index in [9.17, 15) is 10.1 Å². The number of benzene rings is 1. The number of thiophene rings is 1. The normalized spacial score (nSPS) is 18.5. The molecule has 6 rings (SSSR count). The average Bonchev–Trinajstić information content (AvgIpc) is 3.34. The fraction of sp³-hybridized carbons (Fsp3) is 0.333. The van der Waals surface area contributed by atoms with Crippen LogP contribution in [0.5, 0.6) is 0 Å². The number of ether oxygens (including phenoxy) is 1. The Labute approximate surface area is 189 Å². The molecule has 0 atom stereocenters. The molecule has 0 radical (unpaired) electrons. The van der Waals surface area contributed by atoms with E-state index in [4.69, 9.17) is 4.74 Å². The van der Waals surface area contributed by atoms with Crippen molar-refractivity contribution in [1.29, 1.82) is 5.26 Å². The number of anilines is 2. The number of hydrogen-bond donors (Lipinski definition) is 0. The third-order valence-electron chi connectivity index (χ3n) is 6.65. The molecule has 1 saturated heterocycles. The van der Waals surface area contributed by atoms with E-state index >= 15 is 0 Å². The molecule has 1 aliphatic carbocycles. The topological polar surface area (TPSA) is 82.4 Å². The third-order valence-corrected chi connectivity index (χ3v) is 7.61. The van der Waals surface area contributed by atoms with E-state index in [0.717, 1.165) is 35.5 Å². The van der Waals surface area contributed by atoms with Gasteiger partial charge in [0.15, 0.2) is 0 Å². The van der Waals surface area contributed by atoms with Crippen LogP contribution < -0.4 is 4.90 Å². The second-order valence-electron chi connectivity index (χ2n) is 8.55. The lowest BCUT2D eigenvalue weighted by molar-refractivity contribution is 0.0303. The van der Waals surface area contributed by atoms with Gasteiger partial charge >= 0.3 is 0 Å². The van der Waals surface area contributed by atoms with Gasteiger partial charge in [-0.1, -0.05) is 6.07 Å². The Morgan fingerprint density at radius 1 is 1.16 bits per heavy atom. The van der Waals surface area contributed by atoms with Crippen LogP contribution in [0, 0.1) is 11.3 Å². The van der Waals surface area contributed by atoms with Gasteiger partial charge in [-0.3, -0.25) is 4.79 Å². The summed E-state index contributed by atoms with van der Waals surface area (Å²) in [5.41, 5.74) is 4.65. The molecule has 1 aromatic carbocycles. The van der Waals surface area contributed by atoms with Crippen LogP contribution in [0.1, 0.15) is 34.3 Å². The molecular formula is C24H21N5O2S. The van der Waals surface area contributed by atoms with Crippen LogP contribution in [-0.2, 0) is 10.2 Å². The highest BCUT2D eigenvalue weighted by Crippen LogP contribution is 2.57. The number of hydrogen-bond acceptors (Lipinski definition) is 7. The molecular weight excluding hydrogens is 422 g/mol. The largest absolute Gasteiger partial charge is 0.378 e. The summed E-state index contributed by atoms with van der Waals surface area (Å²) in [4.78, 5) is 27.2. The van der Waals surface area contributed by atoms with Crippen molar-refractivity contribution in [3.8, 4) is 16.5 Å². The molecule has 3 aliphatic rings. The number of fused-ring (bicyclic) bond motifs is 2. The van der Waals surface area contributed by atoms with E-state index in [1.807, 2.05) is 28.5 Å². The Morgan fingerprint density at radius 2 is 1.94 bits per heavy atom. The monoisotopic (exact) mass is 443 g/mol. The maximum absolute atomic E-state index is 13.1. The van der Waals surface area contributed by atoms with Gasteiger partial charge in [0.05, 0.1) is 23.7 Å². The molecule has 1 spiro atoms. The van der Waals surface area contributed by atoms with Crippen LogP contribution in [0.2, 0.25) is 0 Å². The summed E-state index contributed by atoms with van der Waals surface area (Å²) in [5, 5.41) is 11.2. The standard InChI is InChI=1S/C24H21N5O2S/c25-12-17-3-10-32-21(17)18-13-26-23(27-14-18)29-15-24(4-5-24)19-2-1-16(11-20(19)29)22(30)28-6-8-31-9-7-28/h1-3,10-11,13-14H,4-9,15H2. The number of aromatic nitrogens is 2. The second-order valence-corrected chi connectivity index (χ2v) is 9.47. The van der Waals surface area contributed by atoms with Gasteiger partial charge in [0.1, 0.15) is 6.07 Å². The van der Waals surface area contributed by atoms with Crippen molar-refractivity contribution >= 4 is 28.9 Å². The fourth-order valence-electron chi connectivity index (χ4n) is 4.71. The molecule has 0 bridgehead atoms. The quantitative estimate of drug-likeness (QED) is 0.613. The van der Waals surface area contributed by atoms with E-state index in [-0.39, 0.29) is 11.3 Å². The minimum atomic E-state index is 0.0470. The predicted molar refractivity (Wildman–Crippen MR) is 121 cm³/mol. The molecule has 3 aromatic rings. The van der Waals surface area contributed by atoms with Gasteiger partial charge in [0, 0.05) is 54.3 Å². The van der Waals surface area contributed by atoms with Crippen molar-refractivity contribution in [2.45, 2.75) is 18.3 Å². The van der Waals surface area contributed by atoms with E-state index in [2.05, 4.69) is 27.0 Å². The molecule has 0 N–H and O–H groups in total. The Hall–Kier alpha value is -3.28. The van der Waals surface area contributed by atoms with Crippen LogP contribution in [-0.4, -0.2) is 53.6 Å². The molecule has 7 nitrogen and oxygen atoms in total. The minimum Gasteiger partial charge on any atom is -0.378 e. The third kappa shape index (κ3) is 3.08. The summed E-state index contributed by atoms with van der Waals surface area (Å²) in [5.74, 6) is 0.676. The maximum atomic E-state index is 13.1. The first kappa shape index (κ1) is 19.4. The van der Waals surface area contributed by atoms with E-state index in [1.54, 1.807) is 12.4 Å². The second kappa shape index (κ2) is 7.40. The number of morpholine rings is 1. The summed E-state index contributed by atoms with van der Waals surface area (Å²) in [7, 11) is 0. The Balaban J connectivity index is 1.33. The van der Waals surface area contributed by atoms with Gasteiger partial charge in [0.25, 0.3) is 5.91 Å². The molecule has 160 valence electrons. The maximum Gasteiger partial charge on any atom is 0.254 e. The van der Waals surface area contributed by atoms with Crippen LogP contribution in [0.3, 0.4) is 0 Å². The first-order valence-corrected chi connectivity index (χ1v) is 11.7. The van der Waals surface area contributed by atoms with Crippen LogP contribution in [0.15, 0.2) is 42.0 Å². The highest BCUT2D eigenvalue weighted by atomic mass is 32.1. The highest BCUT2D eigenvalue weighted by molar-refractivity contribution is 7.13. The van der Waals surface area contributed by atoms with Gasteiger partial charge in [-0.05, 0) is 42.0 Å². The first-order chi connectivity index (χ1) is 15.7. The zero-order valence-corrected chi connectivity index (χ0v) is 18.3. The smallest absolute Gasteiger partial charge is 0.254 e. The Bertz CT molecular complexity index is 1240. The summed E-state index contributed by atoms with van der Waals surface area (Å²) >= 11 is 1.52. The molecule has 2 aliphatic heterocycles. The Morgan fingerprint density at radius 3 is 2.66 bits per heavy atom. The average molecular weight is 444 g/mol. The Kier molecular flexibility index (Phi) is 4.49. The van der Waals surface area contributed by atoms with Gasteiger partial charge in [-0.2, -0.15) is 5.26 Å². The van der Waals surface area contributed by atoms with Gasteiger partial charge in [-0.25, -0.2) is 9.97 Å². The lowest BCUT2D eigenvalue weighted by atomic mass is 9.97. The highest BCUT2D eigenvalue weighted by Gasteiger charge is 2.52. The number of carbonyl (C=O) groups is 1. The lowest BCUT2D eigenvalue weighted by Crippen LogP contribution is -2.40. The molecule has 4 heterocycles. The SMILES string of the molecule is N#Cc1ccsc1-c1cnc(N2CC3(CC3)c3ccc(C(=O)N4CCOCC4)cc32)nc1. The summed E-state index contributed by atoms with van der Waals surface area (Å²) in [6, 6.07) is 10.1. The number of rotatable bonds is 3. The van der Waals surface area contributed by atoms with E-state index < -0.39 is 0 Å². The molecule has 32 heavy (non-hydrogen) atoms. The zero-order valence-electron chi connectivity index (χ0n) is 17.5. The first-order valence-electron chi connectivity index (χ1n) is 10.8.